The highest BCUT2D eigenvalue weighted by Crippen LogP contribution is 2.32. The van der Waals surface area contributed by atoms with Crippen molar-refractivity contribution in [3.63, 3.8) is 0 Å². The van der Waals surface area contributed by atoms with Gasteiger partial charge in [-0.15, -0.1) is 0 Å². The minimum atomic E-state index is -0.454. The number of rotatable bonds is 8. The molecule has 2 aromatic carbocycles. The fourth-order valence-electron chi connectivity index (χ4n) is 3.87. The normalized spacial score (nSPS) is 17.4. The molecule has 2 heterocycles. The van der Waals surface area contributed by atoms with Crippen LogP contribution in [0, 0.1) is 0 Å². The molecule has 0 spiro atoms. The summed E-state index contributed by atoms with van der Waals surface area (Å²) in [6.07, 6.45) is 1.65. The molecule has 2 aliphatic rings. The Morgan fingerprint density at radius 1 is 0.946 bits per heavy atom. The van der Waals surface area contributed by atoms with E-state index < -0.39 is 11.1 Å². The predicted molar refractivity (Wildman–Crippen MR) is 143 cm³/mol. The first-order chi connectivity index (χ1) is 17.7. The van der Waals surface area contributed by atoms with Crippen molar-refractivity contribution in [1.82, 2.24) is 9.80 Å². The summed E-state index contributed by atoms with van der Waals surface area (Å²) in [4.78, 5) is 40.5. The second kappa shape index (κ2) is 11.8. The zero-order valence-electron chi connectivity index (χ0n) is 21.4. The third kappa shape index (κ3) is 7.14. The summed E-state index contributed by atoms with van der Waals surface area (Å²) < 4.78 is 16.8. The maximum Gasteiger partial charge on any atom is 0.294 e. The fourth-order valence-corrected chi connectivity index (χ4v) is 4.70. The Hall–Kier alpha value is -3.30. The summed E-state index contributed by atoms with van der Waals surface area (Å²) in [6, 6.07) is 15.3. The highest BCUT2D eigenvalue weighted by Gasteiger charge is 2.37. The Morgan fingerprint density at radius 3 is 2.08 bits per heavy atom. The number of benzene rings is 2. The molecule has 0 saturated carbocycles. The number of hydrogen-bond donors (Lipinski definition) is 0. The van der Waals surface area contributed by atoms with E-state index in [-0.39, 0.29) is 17.9 Å². The summed E-state index contributed by atoms with van der Waals surface area (Å²) in [7, 11) is 0. The lowest BCUT2D eigenvalue weighted by Gasteiger charge is -2.28. The van der Waals surface area contributed by atoms with Crippen LogP contribution in [-0.2, 0) is 19.7 Å². The van der Waals surface area contributed by atoms with Crippen LogP contribution in [0.15, 0.2) is 53.4 Å². The van der Waals surface area contributed by atoms with Crippen LogP contribution in [-0.4, -0.2) is 72.9 Å². The largest absolute Gasteiger partial charge is 0.490 e. The lowest BCUT2D eigenvalue weighted by atomic mass is 9.87. The second-order valence-electron chi connectivity index (χ2n) is 9.80. The van der Waals surface area contributed by atoms with Gasteiger partial charge in [0.2, 0.25) is 5.91 Å². The summed E-state index contributed by atoms with van der Waals surface area (Å²) in [6.45, 7) is 8.93. The van der Waals surface area contributed by atoms with Crippen molar-refractivity contribution in [3.05, 3.63) is 64.6 Å². The van der Waals surface area contributed by atoms with E-state index in [1.165, 1.54) is 5.56 Å². The topological polar surface area (TPSA) is 85.4 Å². The molecular weight excluding hydrogens is 492 g/mol. The molecular formula is C28H32N2O6S. The van der Waals surface area contributed by atoms with E-state index in [1.54, 1.807) is 23.1 Å². The number of carbonyl (C=O) groups is 3. The van der Waals surface area contributed by atoms with Gasteiger partial charge in [-0.1, -0.05) is 45.0 Å². The van der Waals surface area contributed by atoms with Crippen molar-refractivity contribution in [1.29, 1.82) is 0 Å². The van der Waals surface area contributed by atoms with E-state index in [2.05, 4.69) is 32.9 Å². The van der Waals surface area contributed by atoms with Crippen molar-refractivity contribution in [2.24, 2.45) is 0 Å². The number of imide groups is 1. The third-order valence-electron chi connectivity index (χ3n) is 6.05. The smallest absolute Gasteiger partial charge is 0.294 e. The van der Waals surface area contributed by atoms with Crippen LogP contribution in [0.5, 0.6) is 11.5 Å². The van der Waals surface area contributed by atoms with Crippen molar-refractivity contribution < 1.29 is 28.6 Å². The lowest BCUT2D eigenvalue weighted by molar-refractivity contribution is -0.139. The molecule has 0 radical (unpaired) electrons. The van der Waals surface area contributed by atoms with E-state index >= 15 is 0 Å². The average Bonchev–Trinajstić information content (AvgIpc) is 3.15. The lowest BCUT2D eigenvalue weighted by Crippen LogP contribution is -2.46. The van der Waals surface area contributed by atoms with Crippen LogP contribution in [0.3, 0.4) is 0 Å². The first kappa shape index (κ1) is 26.8. The zero-order chi connectivity index (χ0) is 26.4. The molecule has 2 saturated heterocycles. The molecule has 3 amide bonds. The molecule has 9 heteroatoms. The minimum Gasteiger partial charge on any atom is -0.490 e. The van der Waals surface area contributed by atoms with Gasteiger partial charge in [-0.3, -0.25) is 19.3 Å². The van der Waals surface area contributed by atoms with Crippen molar-refractivity contribution in [2.45, 2.75) is 26.2 Å². The number of carbonyl (C=O) groups excluding carboxylic acids is 3. The van der Waals surface area contributed by atoms with E-state index in [4.69, 9.17) is 14.2 Å². The standard InChI is InChI=1S/C28H32N2O6S/c1-28(2,3)21-6-10-23(11-7-21)36-17-16-35-22-8-4-20(5-9-22)18-24-26(32)30(27(33)37-24)19-25(31)29-12-14-34-15-13-29/h4-11,18H,12-17,19H2,1-3H3/b24-18-. The zero-order valence-corrected chi connectivity index (χ0v) is 22.2. The maximum absolute atomic E-state index is 12.7. The molecule has 2 aliphatic heterocycles. The van der Waals surface area contributed by atoms with E-state index in [1.807, 2.05) is 24.3 Å². The predicted octanol–water partition coefficient (Wildman–Crippen LogP) is 4.34. The first-order valence-electron chi connectivity index (χ1n) is 12.3. The summed E-state index contributed by atoms with van der Waals surface area (Å²) >= 11 is 0.842. The van der Waals surface area contributed by atoms with Crippen molar-refractivity contribution >= 4 is 34.9 Å². The number of ether oxygens (including phenoxy) is 3. The third-order valence-corrected chi connectivity index (χ3v) is 6.96. The molecule has 8 nitrogen and oxygen atoms in total. The van der Waals surface area contributed by atoms with Gasteiger partial charge in [-0.05, 0) is 58.6 Å². The van der Waals surface area contributed by atoms with Gasteiger partial charge in [0.25, 0.3) is 11.1 Å². The first-order valence-corrected chi connectivity index (χ1v) is 13.1. The van der Waals surface area contributed by atoms with Crippen LogP contribution in [0.2, 0.25) is 0 Å². The van der Waals surface area contributed by atoms with E-state index in [9.17, 15) is 14.4 Å². The molecule has 196 valence electrons. The molecule has 4 rings (SSSR count). The van der Waals surface area contributed by atoms with Crippen LogP contribution in [0.4, 0.5) is 4.79 Å². The summed E-state index contributed by atoms with van der Waals surface area (Å²) in [5.41, 5.74) is 2.11. The van der Waals surface area contributed by atoms with Gasteiger partial charge >= 0.3 is 0 Å². The Balaban J connectivity index is 1.25. The monoisotopic (exact) mass is 524 g/mol. The molecule has 2 fully saturated rings. The van der Waals surface area contributed by atoms with Gasteiger partial charge in [0.05, 0.1) is 18.1 Å². The van der Waals surface area contributed by atoms with Crippen molar-refractivity contribution in [3.8, 4) is 11.5 Å². The maximum atomic E-state index is 12.7. The van der Waals surface area contributed by atoms with Crippen LogP contribution in [0.1, 0.15) is 31.9 Å². The molecule has 0 aliphatic carbocycles. The quantitative estimate of drug-likeness (QED) is 0.375. The van der Waals surface area contributed by atoms with Gasteiger partial charge < -0.3 is 19.1 Å². The Bertz CT molecular complexity index is 1150. The molecule has 2 aromatic rings. The van der Waals surface area contributed by atoms with Crippen LogP contribution >= 0.6 is 11.8 Å². The van der Waals surface area contributed by atoms with Crippen LogP contribution in [0.25, 0.3) is 6.08 Å². The molecule has 0 bridgehead atoms. The van der Waals surface area contributed by atoms with Gasteiger partial charge in [-0.25, -0.2) is 0 Å². The van der Waals surface area contributed by atoms with Crippen molar-refractivity contribution in [2.75, 3.05) is 46.1 Å². The Labute approximate surface area is 221 Å². The highest BCUT2D eigenvalue weighted by molar-refractivity contribution is 8.18. The van der Waals surface area contributed by atoms with Gasteiger partial charge in [0, 0.05) is 13.1 Å². The SMILES string of the molecule is CC(C)(C)c1ccc(OCCOc2ccc(/C=C3\SC(=O)N(CC(=O)N4CCOCC4)C3=O)cc2)cc1. The van der Waals surface area contributed by atoms with Gasteiger partial charge in [-0.2, -0.15) is 0 Å². The minimum absolute atomic E-state index is 0.102. The number of morpholine rings is 1. The molecule has 0 unspecified atom stereocenters. The van der Waals surface area contributed by atoms with Gasteiger partial charge in [0.15, 0.2) is 0 Å². The molecule has 0 atom stereocenters. The number of amides is 3. The molecule has 0 aromatic heterocycles. The number of thioether (sulfide) groups is 1. The average molecular weight is 525 g/mol. The second-order valence-corrected chi connectivity index (χ2v) is 10.8. The van der Waals surface area contributed by atoms with Crippen LogP contribution < -0.4 is 9.47 Å². The fraction of sp³-hybridized carbons (Fsp3) is 0.393. The Kier molecular flexibility index (Phi) is 8.56. The molecule has 0 N–H and O–H groups in total. The Morgan fingerprint density at radius 2 is 1.51 bits per heavy atom. The summed E-state index contributed by atoms with van der Waals surface area (Å²) in [5, 5.41) is -0.439. The van der Waals surface area contributed by atoms with E-state index in [0.717, 1.165) is 28.0 Å². The highest BCUT2D eigenvalue weighted by atomic mass is 32.2. The number of nitrogens with zero attached hydrogens (tertiary/aromatic N) is 2. The number of hydrogen-bond acceptors (Lipinski definition) is 7. The molecule has 37 heavy (non-hydrogen) atoms. The van der Waals surface area contributed by atoms with Gasteiger partial charge in [0.1, 0.15) is 31.3 Å². The van der Waals surface area contributed by atoms with E-state index in [0.29, 0.717) is 50.2 Å². The summed E-state index contributed by atoms with van der Waals surface area (Å²) in [5.74, 6) is 0.768.